The Bertz CT molecular complexity index is 367. The maximum atomic E-state index is 13.8. The van der Waals surface area contributed by atoms with Gasteiger partial charge in [-0.15, -0.1) is 0 Å². The van der Waals surface area contributed by atoms with Crippen molar-refractivity contribution in [1.82, 2.24) is 0 Å². The molecule has 0 aromatic heterocycles. The van der Waals surface area contributed by atoms with E-state index < -0.39 is 0 Å². The minimum absolute atomic E-state index is 0.0662. The van der Waals surface area contributed by atoms with Crippen LogP contribution >= 0.6 is 0 Å². The lowest BCUT2D eigenvalue weighted by atomic mass is 10.1. The Morgan fingerprint density at radius 2 is 2.00 bits per heavy atom. The molecule has 0 heterocycles. The van der Waals surface area contributed by atoms with Crippen LogP contribution in [0.3, 0.4) is 0 Å². The molecule has 0 atom stereocenters. The molecule has 18 heavy (non-hydrogen) atoms. The lowest BCUT2D eigenvalue weighted by molar-refractivity contribution is 0.296. The zero-order valence-corrected chi connectivity index (χ0v) is 11.2. The van der Waals surface area contributed by atoms with E-state index in [1.807, 2.05) is 6.07 Å². The molecular weight excluding hydrogens is 231 g/mol. The van der Waals surface area contributed by atoms with Gasteiger partial charge in [0.1, 0.15) is 5.82 Å². The van der Waals surface area contributed by atoms with E-state index in [4.69, 9.17) is 10.8 Å². The van der Waals surface area contributed by atoms with Crippen molar-refractivity contribution in [3.05, 3.63) is 29.6 Å². The average Bonchev–Trinajstić information content (AvgIpc) is 2.39. The summed E-state index contributed by atoms with van der Waals surface area (Å²) in [5, 5.41) is 9.15. The Labute approximate surface area is 108 Å². The number of nitrogens with zero attached hydrogens (tertiary/aromatic N) is 1. The van der Waals surface area contributed by atoms with Gasteiger partial charge in [-0.3, -0.25) is 0 Å². The molecule has 0 fully saturated rings. The summed E-state index contributed by atoms with van der Waals surface area (Å²) >= 11 is 0. The number of hydrogen-bond donors (Lipinski definition) is 2. The van der Waals surface area contributed by atoms with Crippen molar-refractivity contribution in [1.29, 1.82) is 0 Å². The van der Waals surface area contributed by atoms with E-state index in [0.717, 1.165) is 18.5 Å². The molecule has 0 aliphatic heterocycles. The van der Waals surface area contributed by atoms with Crippen molar-refractivity contribution < 1.29 is 9.50 Å². The van der Waals surface area contributed by atoms with Gasteiger partial charge in [-0.2, -0.15) is 0 Å². The summed E-state index contributed by atoms with van der Waals surface area (Å²) in [6.07, 6.45) is 1.94. The molecule has 0 saturated heterocycles. The Kier molecular flexibility index (Phi) is 6.09. The number of nitrogens with two attached hydrogens (primary N) is 1. The third-order valence-corrected chi connectivity index (χ3v) is 3.31. The first-order valence-corrected chi connectivity index (χ1v) is 6.53. The van der Waals surface area contributed by atoms with Crippen LogP contribution in [0.25, 0.3) is 0 Å². The smallest absolute Gasteiger partial charge is 0.129 e. The minimum Gasteiger partial charge on any atom is -0.395 e. The maximum Gasteiger partial charge on any atom is 0.129 e. The fourth-order valence-corrected chi connectivity index (χ4v) is 2.24. The third kappa shape index (κ3) is 3.43. The van der Waals surface area contributed by atoms with Gasteiger partial charge in [-0.1, -0.05) is 19.9 Å². The Hall–Kier alpha value is -1.13. The summed E-state index contributed by atoms with van der Waals surface area (Å²) in [6, 6.07) is 5.42. The number of hydrogen-bond acceptors (Lipinski definition) is 3. The number of halogens is 1. The molecule has 1 aromatic rings. The summed E-state index contributed by atoms with van der Waals surface area (Å²) < 4.78 is 13.8. The van der Waals surface area contributed by atoms with Crippen molar-refractivity contribution in [3.8, 4) is 0 Å². The fraction of sp³-hybridized carbons (Fsp3) is 0.571. The fourth-order valence-electron chi connectivity index (χ4n) is 2.24. The SMILES string of the molecule is CCC(CC)N(CCO)c1ccc(CN)c(F)c1. The van der Waals surface area contributed by atoms with Crippen molar-refractivity contribution in [2.24, 2.45) is 5.73 Å². The van der Waals surface area contributed by atoms with E-state index in [9.17, 15) is 4.39 Å². The molecule has 0 saturated carbocycles. The van der Waals surface area contributed by atoms with Crippen molar-refractivity contribution in [2.45, 2.75) is 39.3 Å². The van der Waals surface area contributed by atoms with E-state index >= 15 is 0 Å². The van der Waals surface area contributed by atoms with Gasteiger partial charge >= 0.3 is 0 Å². The van der Waals surface area contributed by atoms with Crippen LogP contribution in [0.15, 0.2) is 18.2 Å². The van der Waals surface area contributed by atoms with Gasteiger partial charge in [-0.25, -0.2) is 4.39 Å². The highest BCUT2D eigenvalue weighted by Gasteiger charge is 2.16. The quantitative estimate of drug-likeness (QED) is 0.785. The molecule has 0 unspecified atom stereocenters. The van der Waals surface area contributed by atoms with Crippen LogP contribution in [0.1, 0.15) is 32.3 Å². The molecule has 0 aliphatic rings. The third-order valence-electron chi connectivity index (χ3n) is 3.31. The molecule has 4 heteroatoms. The molecule has 0 amide bonds. The Morgan fingerprint density at radius 1 is 1.33 bits per heavy atom. The lowest BCUT2D eigenvalue weighted by Crippen LogP contribution is -2.36. The second-order valence-corrected chi connectivity index (χ2v) is 4.37. The number of rotatable bonds is 7. The molecule has 0 spiro atoms. The summed E-state index contributed by atoms with van der Waals surface area (Å²) in [5.74, 6) is -0.274. The normalized spacial score (nSPS) is 11.0. The molecule has 1 aromatic carbocycles. The Morgan fingerprint density at radius 3 is 2.44 bits per heavy atom. The highest BCUT2D eigenvalue weighted by atomic mass is 19.1. The van der Waals surface area contributed by atoms with Gasteiger partial charge in [-0.05, 0) is 25.0 Å². The Balaban J connectivity index is 3.01. The van der Waals surface area contributed by atoms with Crippen LogP contribution in [0.4, 0.5) is 10.1 Å². The minimum atomic E-state index is -0.274. The van der Waals surface area contributed by atoms with E-state index in [2.05, 4.69) is 18.7 Å². The monoisotopic (exact) mass is 254 g/mol. The van der Waals surface area contributed by atoms with Crippen LogP contribution in [-0.4, -0.2) is 24.3 Å². The predicted octanol–water partition coefficient (Wildman–Crippen LogP) is 2.27. The van der Waals surface area contributed by atoms with Gasteiger partial charge in [0.2, 0.25) is 0 Å². The van der Waals surface area contributed by atoms with Crippen LogP contribution in [0, 0.1) is 5.82 Å². The first kappa shape index (κ1) is 14.9. The van der Waals surface area contributed by atoms with Gasteiger partial charge < -0.3 is 15.7 Å². The lowest BCUT2D eigenvalue weighted by Gasteiger charge is -2.32. The summed E-state index contributed by atoms with van der Waals surface area (Å²) in [6.45, 7) is 4.99. The molecule has 0 radical (unpaired) electrons. The number of aliphatic hydroxyl groups excluding tert-OH is 1. The second kappa shape index (κ2) is 7.34. The summed E-state index contributed by atoms with van der Waals surface area (Å²) in [7, 11) is 0. The molecule has 0 aliphatic carbocycles. The predicted molar refractivity (Wildman–Crippen MR) is 73.1 cm³/mol. The zero-order valence-electron chi connectivity index (χ0n) is 11.2. The van der Waals surface area contributed by atoms with E-state index in [1.54, 1.807) is 6.07 Å². The first-order chi connectivity index (χ1) is 8.67. The largest absolute Gasteiger partial charge is 0.395 e. The first-order valence-electron chi connectivity index (χ1n) is 6.53. The zero-order chi connectivity index (χ0) is 13.5. The summed E-state index contributed by atoms with van der Waals surface area (Å²) in [4.78, 5) is 2.06. The van der Waals surface area contributed by atoms with Gasteiger partial charge in [0.15, 0.2) is 0 Å². The van der Waals surface area contributed by atoms with Crippen LogP contribution < -0.4 is 10.6 Å². The molecule has 0 bridgehead atoms. The number of benzene rings is 1. The van der Waals surface area contributed by atoms with Crippen molar-refractivity contribution in [3.63, 3.8) is 0 Å². The molecular formula is C14H23FN2O. The van der Waals surface area contributed by atoms with Crippen molar-refractivity contribution in [2.75, 3.05) is 18.1 Å². The van der Waals surface area contributed by atoms with E-state index in [0.29, 0.717) is 18.2 Å². The van der Waals surface area contributed by atoms with Gasteiger partial charge in [0, 0.05) is 30.4 Å². The standard InChI is InChI=1S/C14H23FN2O/c1-3-12(4-2)17(7-8-18)13-6-5-11(10-16)14(15)9-13/h5-6,9,12,18H,3-4,7-8,10,16H2,1-2H3. The van der Waals surface area contributed by atoms with Crippen LogP contribution in [-0.2, 0) is 6.54 Å². The maximum absolute atomic E-state index is 13.8. The van der Waals surface area contributed by atoms with E-state index in [1.165, 1.54) is 6.07 Å². The molecule has 1 rings (SSSR count). The second-order valence-electron chi connectivity index (χ2n) is 4.37. The van der Waals surface area contributed by atoms with E-state index in [-0.39, 0.29) is 19.0 Å². The highest BCUT2D eigenvalue weighted by Crippen LogP contribution is 2.22. The highest BCUT2D eigenvalue weighted by molar-refractivity contribution is 5.49. The van der Waals surface area contributed by atoms with Gasteiger partial charge in [0.25, 0.3) is 0 Å². The van der Waals surface area contributed by atoms with Crippen LogP contribution in [0.2, 0.25) is 0 Å². The van der Waals surface area contributed by atoms with Gasteiger partial charge in [0.05, 0.1) is 6.61 Å². The topological polar surface area (TPSA) is 49.5 Å². The molecule has 102 valence electrons. The van der Waals surface area contributed by atoms with Crippen LogP contribution in [0.5, 0.6) is 0 Å². The molecule has 3 nitrogen and oxygen atoms in total. The molecule has 3 N–H and O–H groups in total. The number of anilines is 1. The average molecular weight is 254 g/mol. The number of aliphatic hydroxyl groups is 1. The van der Waals surface area contributed by atoms with Crippen molar-refractivity contribution >= 4 is 5.69 Å². The summed E-state index contributed by atoms with van der Waals surface area (Å²) in [5.41, 5.74) is 6.79.